The molecule has 6 nitrogen and oxygen atoms in total. The first-order chi connectivity index (χ1) is 16.6. The zero-order valence-electron chi connectivity index (χ0n) is 19.9. The largest absolute Gasteiger partial charge is 0.454 e. The summed E-state index contributed by atoms with van der Waals surface area (Å²) in [6.07, 6.45) is 6.26. The highest BCUT2D eigenvalue weighted by Gasteiger charge is 2.49. The number of likely N-dealkylation sites (tertiary alicyclic amines) is 1. The van der Waals surface area contributed by atoms with Gasteiger partial charge in [-0.1, -0.05) is 79.9 Å². The van der Waals surface area contributed by atoms with E-state index in [1.54, 1.807) is 0 Å². The molecule has 7 heteroatoms. The average Bonchev–Trinajstić information content (AvgIpc) is 2.88. The zero-order valence-corrected chi connectivity index (χ0v) is 19.9. The maximum Gasteiger partial charge on any atom is 0.451 e. The van der Waals surface area contributed by atoms with Gasteiger partial charge in [0, 0.05) is 6.54 Å². The van der Waals surface area contributed by atoms with Crippen LogP contribution in [0.3, 0.4) is 0 Å². The lowest BCUT2D eigenvalue weighted by Crippen LogP contribution is -2.60. The number of esters is 1. The summed E-state index contributed by atoms with van der Waals surface area (Å²) >= 11 is 0. The Balaban J connectivity index is 1.59. The number of rotatable bonds is 10. The molecule has 2 aromatic carbocycles. The van der Waals surface area contributed by atoms with Crippen molar-refractivity contribution in [3.63, 3.8) is 0 Å². The van der Waals surface area contributed by atoms with E-state index in [-0.39, 0.29) is 12.0 Å². The third-order valence-corrected chi connectivity index (χ3v) is 7.27. The summed E-state index contributed by atoms with van der Waals surface area (Å²) in [6.45, 7) is 3.01. The maximum atomic E-state index is 13.7. The van der Waals surface area contributed by atoms with Gasteiger partial charge in [0.25, 0.3) is 0 Å². The number of ether oxygens (including phenoxy) is 1. The van der Waals surface area contributed by atoms with Crippen LogP contribution in [-0.2, 0) is 9.53 Å². The van der Waals surface area contributed by atoms with E-state index in [1.165, 1.54) is 19.3 Å². The predicted octanol–water partition coefficient (Wildman–Crippen LogP) is 3.87. The van der Waals surface area contributed by atoms with Crippen LogP contribution in [0.25, 0.3) is 0 Å². The van der Waals surface area contributed by atoms with Crippen LogP contribution in [0.5, 0.6) is 0 Å². The average molecular weight is 464 g/mol. The third-order valence-electron chi connectivity index (χ3n) is 7.27. The lowest BCUT2D eigenvalue weighted by molar-refractivity contribution is -0.170. The molecule has 0 aromatic heterocycles. The smallest absolute Gasteiger partial charge is 0.451 e. The Kier molecular flexibility index (Phi) is 8.78. The molecule has 2 aliphatic rings. The lowest BCUT2D eigenvalue weighted by Gasteiger charge is -2.45. The molecule has 2 fully saturated rings. The monoisotopic (exact) mass is 464 g/mol. The number of hydrogen-bond acceptors (Lipinski definition) is 6. The Bertz CT molecular complexity index is 892. The second-order valence-electron chi connectivity index (χ2n) is 9.73. The van der Waals surface area contributed by atoms with Crippen molar-refractivity contribution in [2.75, 3.05) is 19.6 Å². The first-order valence-electron chi connectivity index (χ1n) is 12.7. The van der Waals surface area contributed by atoms with Crippen molar-refractivity contribution in [2.45, 2.75) is 69.0 Å². The van der Waals surface area contributed by atoms with Crippen LogP contribution in [0.1, 0.15) is 68.2 Å². The fourth-order valence-corrected chi connectivity index (χ4v) is 5.31. The predicted molar refractivity (Wildman–Crippen MR) is 134 cm³/mol. The molecule has 0 radical (unpaired) electrons. The number of benzene rings is 2. The van der Waals surface area contributed by atoms with E-state index in [1.807, 2.05) is 48.5 Å². The summed E-state index contributed by atoms with van der Waals surface area (Å²) in [4.78, 5) is 16.1. The number of morpholine rings is 1. The molecule has 2 aliphatic heterocycles. The van der Waals surface area contributed by atoms with Gasteiger partial charge >= 0.3 is 13.1 Å². The van der Waals surface area contributed by atoms with E-state index in [4.69, 9.17) is 4.74 Å². The summed E-state index contributed by atoms with van der Waals surface area (Å²) in [6, 6.07) is 20.0. The van der Waals surface area contributed by atoms with Gasteiger partial charge in [0.2, 0.25) is 0 Å². The molecule has 3 N–H and O–H groups in total. The molecule has 0 unspecified atom stereocenters. The van der Waals surface area contributed by atoms with Gasteiger partial charge in [0.1, 0.15) is 11.6 Å². The molecule has 2 saturated heterocycles. The van der Waals surface area contributed by atoms with Crippen molar-refractivity contribution in [1.82, 2.24) is 10.2 Å². The van der Waals surface area contributed by atoms with Crippen LogP contribution in [-0.4, -0.2) is 53.2 Å². The molecule has 182 valence electrons. The van der Waals surface area contributed by atoms with Crippen LogP contribution in [0.2, 0.25) is 6.32 Å². The van der Waals surface area contributed by atoms with Crippen molar-refractivity contribution >= 4 is 13.1 Å². The topological polar surface area (TPSA) is 82.0 Å². The molecule has 0 aliphatic carbocycles. The van der Waals surface area contributed by atoms with Gasteiger partial charge in [-0.25, -0.2) is 0 Å². The van der Waals surface area contributed by atoms with Gasteiger partial charge in [-0.2, -0.15) is 0 Å². The minimum atomic E-state index is -1.31. The van der Waals surface area contributed by atoms with E-state index >= 15 is 0 Å². The van der Waals surface area contributed by atoms with Gasteiger partial charge in [-0.05, 0) is 56.2 Å². The Morgan fingerprint density at radius 1 is 0.912 bits per heavy atom. The minimum Gasteiger partial charge on any atom is -0.454 e. The van der Waals surface area contributed by atoms with Crippen molar-refractivity contribution in [1.29, 1.82) is 0 Å². The van der Waals surface area contributed by atoms with Crippen molar-refractivity contribution in [3.8, 4) is 0 Å². The Labute approximate surface area is 203 Å². The Morgan fingerprint density at radius 3 is 2.21 bits per heavy atom. The molecule has 2 aromatic rings. The van der Waals surface area contributed by atoms with Crippen LogP contribution in [0.4, 0.5) is 0 Å². The molecule has 2 heterocycles. The van der Waals surface area contributed by atoms with Crippen molar-refractivity contribution < 1.29 is 19.6 Å². The normalized spacial score (nSPS) is 25.6. The Morgan fingerprint density at radius 2 is 1.56 bits per heavy atom. The quantitative estimate of drug-likeness (QED) is 0.281. The molecule has 0 amide bonds. The van der Waals surface area contributed by atoms with Gasteiger partial charge in [0.15, 0.2) is 0 Å². The fraction of sp³-hybridized carbons (Fsp3) is 0.519. The molecule has 4 rings (SSSR count). The lowest BCUT2D eigenvalue weighted by atomic mass is 9.79. The fourth-order valence-electron chi connectivity index (χ4n) is 5.31. The summed E-state index contributed by atoms with van der Waals surface area (Å²) < 4.78 is 6.25. The second-order valence-corrected chi connectivity index (χ2v) is 9.73. The number of carbonyl (C=O) groups is 1. The molecular formula is C27H37BN2O4. The van der Waals surface area contributed by atoms with E-state index in [2.05, 4.69) is 22.3 Å². The SMILES string of the molecule is O=C1O[C@@H](c2ccccc2)[C@@H](c2ccccc2)N[C@]1(CCCCB(O)O)CCN1CCCCC1. The van der Waals surface area contributed by atoms with E-state index in [9.17, 15) is 14.8 Å². The zero-order chi connectivity index (χ0) is 23.8. The molecule has 34 heavy (non-hydrogen) atoms. The number of piperidine rings is 1. The van der Waals surface area contributed by atoms with Gasteiger partial charge in [-0.3, -0.25) is 10.1 Å². The first-order valence-corrected chi connectivity index (χ1v) is 12.7. The van der Waals surface area contributed by atoms with Crippen LogP contribution < -0.4 is 5.32 Å². The third kappa shape index (κ3) is 6.27. The molecule has 0 saturated carbocycles. The highest BCUT2D eigenvalue weighted by Crippen LogP contribution is 2.41. The van der Waals surface area contributed by atoms with E-state index in [0.29, 0.717) is 25.6 Å². The summed E-state index contributed by atoms with van der Waals surface area (Å²) in [5, 5.41) is 22.3. The summed E-state index contributed by atoms with van der Waals surface area (Å²) in [5.41, 5.74) is 1.27. The van der Waals surface area contributed by atoms with E-state index in [0.717, 1.165) is 37.2 Å². The van der Waals surface area contributed by atoms with E-state index < -0.39 is 18.8 Å². The van der Waals surface area contributed by atoms with Crippen LogP contribution >= 0.6 is 0 Å². The number of hydrogen-bond donors (Lipinski definition) is 3. The maximum absolute atomic E-state index is 13.7. The van der Waals surface area contributed by atoms with Crippen LogP contribution in [0, 0.1) is 0 Å². The summed E-state index contributed by atoms with van der Waals surface area (Å²) in [5.74, 6) is -0.199. The highest BCUT2D eigenvalue weighted by atomic mass is 16.6. The number of nitrogens with zero attached hydrogens (tertiary/aromatic N) is 1. The molecular weight excluding hydrogens is 427 g/mol. The number of carbonyl (C=O) groups excluding carboxylic acids is 1. The number of unbranched alkanes of at least 4 members (excludes halogenated alkanes) is 1. The van der Waals surface area contributed by atoms with Crippen molar-refractivity contribution in [3.05, 3.63) is 71.8 Å². The minimum absolute atomic E-state index is 0.161. The Hall–Kier alpha value is -2.19. The van der Waals surface area contributed by atoms with Gasteiger partial charge < -0.3 is 19.7 Å². The first kappa shape index (κ1) is 24.9. The van der Waals surface area contributed by atoms with Gasteiger partial charge in [-0.15, -0.1) is 0 Å². The second kappa shape index (κ2) is 12.0. The van der Waals surface area contributed by atoms with Crippen molar-refractivity contribution in [2.24, 2.45) is 0 Å². The summed E-state index contributed by atoms with van der Waals surface area (Å²) in [7, 11) is -1.31. The standard InChI is InChI=1S/C27H37BN2O4/c31-26-27(16-8-9-18-28(32)33,17-21-30-19-10-3-11-20-30)29-24(22-12-4-1-5-13-22)25(34-26)23-14-6-2-7-15-23/h1-2,4-7,12-15,24-25,29,32-33H,3,8-11,16-21H2/t24-,25+,27-/m1/s1. The van der Waals surface area contributed by atoms with Gasteiger partial charge in [0.05, 0.1) is 6.04 Å². The molecule has 0 bridgehead atoms. The molecule has 0 spiro atoms. The number of nitrogens with one attached hydrogen (secondary N) is 1. The molecule has 3 atom stereocenters. The number of cyclic esters (lactones) is 1. The van der Waals surface area contributed by atoms with Crippen LogP contribution in [0.15, 0.2) is 60.7 Å². The highest BCUT2D eigenvalue weighted by molar-refractivity contribution is 6.40.